The number of quaternary nitrogens is 2. The highest BCUT2D eigenvalue weighted by Crippen LogP contribution is 1.99. The third-order valence-electron chi connectivity index (χ3n) is 2.36. The molecule has 0 saturated carbocycles. The summed E-state index contributed by atoms with van der Waals surface area (Å²) in [5.74, 6) is -0.140. The molecule has 2 atom stereocenters. The molecule has 0 aromatic carbocycles. The van der Waals surface area contributed by atoms with Gasteiger partial charge >= 0.3 is 0 Å². The molecule has 98 valence electrons. The van der Waals surface area contributed by atoms with Crippen molar-refractivity contribution in [2.45, 2.75) is 26.7 Å². The zero-order valence-corrected chi connectivity index (χ0v) is 10.7. The average Bonchev–Trinajstić information content (AvgIpc) is 2.23. The van der Waals surface area contributed by atoms with Crippen LogP contribution in [0, 0.1) is 10.4 Å². The summed E-state index contributed by atoms with van der Waals surface area (Å²) in [6.07, 6.45) is 4.17. The summed E-state index contributed by atoms with van der Waals surface area (Å²) in [6, 6.07) is 0. The number of rotatable bonds is 7. The van der Waals surface area contributed by atoms with Gasteiger partial charge in [-0.2, -0.15) is 0 Å². The summed E-state index contributed by atoms with van der Waals surface area (Å²) in [5, 5.41) is 31.8. The molecule has 0 spiro atoms. The van der Waals surface area contributed by atoms with Gasteiger partial charge in [-0.15, -0.1) is 0 Å². The summed E-state index contributed by atoms with van der Waals surface area (Å²) < 4.78 is 0. The molecule has 0 amide bonds. The number of hydroxylamine groups is 4. The van der Waals surface area contributed by atoms with Crippen molar-refractivity contribution >= 4 is 0 Å². The third-order valence-corrected chi connectivity index (χ3v) is 2.36. The zero-order valence-electron chi connectivity index (χ0n) is 10.7. The topological polar surface area (TPSA) is 75.2 Å². The van der Waals surface area contributed by atoms with Crippen molar-refractivity contribution in [1.82, 2.24) is 0 Å². The minimum absolute atomic E-state index is 0.0182. The van der Waals surface area contributed by atoms with Crippen molar-refractivity contribution in [3.05, 3.63) is 46.3 Å². The van der Waals surface area contributed by atoms with E-state index in [1.807, 2.05) is 6.92 Å². The van der Waals surface area contributed by atoms with Crippen LogP contribution in [0.5, 0.6) is 0 Å². The molecule has 5 nitrogen and oxygen atoms in total. The molecule has 0 aromatic heterocycles. The average molecular weight is 242 g/mol. The van der Waals surface area contributed by atoms with Crippen molar-refractivity contribution < 1.29 is 15.2 Å². The molecular formula is C12H22N2O3. The molecule has 2 unspecified atom stereocenters. The number of aliphatic hydroxyl groups excluding tert-OH is 1. The quantitative estimate of drug-likeness (QED) is 0.335. The van der Waals surface area contributed by atoms with Crippen molar-refractivity contribution in [2.24, 2.45) is 0 Å². The molecule has 0 aliphatic rings. The van der Waals surface area contributed by atoms with Gasteiger partial charge in [0.1, 0.15) is 17.2 Å². The van der Waals surface area contributed by atoms with Crippen molar-refractivity contribution in [3.8, 4) is 0 Å². The van der Waals surface area contributed by atoms with Gasteiger partial charge in [-0.3, -0.25) is 0 Å². The smallest absolute Gasteiger partial charge is 0.115 e. The van der Waals surface area contributed by atoms with Gasteiger partial charge in [0.2, 0.25) is 0 Å². The Morgan fingerprint density at radius 1 is 1.41 bits per heavy atom. The summed E-state index contributed by atoms with van der Waals surface area (Å²) in [4.78, 5) is 0. The summed E-state index contributed by atoms with van der Waals surface area (Å²) in [6.45, 7) is 7.40. The van der Waals surface area contributed by atoms with Gasteiger partial charge in [0.25, 0.3) is 0 Å². The standard InChI is InChI=1S/C12H22N2O3/c1-5-8-14(17)12(9-11(3)15)7-6-10(2)13(4)16/h6,9,13-15H,3,5,7-8H2,1-2,4H3/b10-6+,12-9+. The molecule has 0 rings (SSSR count). The molecule has 0 saturated heterocycles. The van der Waals surface area contributed by atoms with E-state index in [1.165, 1.54) is 13.1 Å². The highest BCUT2D eigenvalue weighted by Gasteiger charge is 2.06. The number of hydrogen-bond donors (Lipinski definition) is 3. The normalized spacial score (nSPS) is 16.8. The maximum atomic E-state index is 11.7. The first kappa shape index (κ1) is 15.9. The van der Waals surface area contributed by atoms with Crippen LogP contribution in [0.1, 0.15) is 26.7 Å². The van der Waals surface area contributed by atoms with E-state index in [9.17, 15) is 10.4 Å². The lowest BCUT2D eigenvalue weighted by atomic mass is 10.2. The fraction of sp³-hybridized carbons (Fsp3) is 0.500. The van der Waals surface area contributed by atoms with E-state index in [-0.39, 0.29) is 15.9 Å². The lowest BCUT2D eigenvalue weighted by Gasteiger charge is -2.24. The molecule has 0 bridgehead atoms. The molecule has 0 radical (unpaired) electrons. The van der Waals surface area contributed by atoms with E-state index < -0.39 is 0 Å². The molecule has 0 heterocycles. The maximum absolute atomic E-state index is 11.7. The second-order valence-electron chi connectivity index (χ2n) is 3.98. The number of hydrogen-bond acceptors (Lipinski definition) is 3. The largest absolute Gasteiger partial charge is 0.629 e. The third kappa shape index (κ3) is 6.91. The van der Waals surface area contributed by atoms with Crippen LogP contribution in [-0.2, 0) is 0 Å². The van der Waals surface area contributed by atoms with E-state index >= 15 is 0 Å². The van der Waals surface area contributed by atoms with Crippen molar-refractivity contribution in [3.63, 3.8) is 0 Å². The van der Waals surface area contributed by atoms with Crippen LogP contribution in [0.25, 0.3) is 0 Å². The second-order valence-corrected chi connectivity index (χ2v) is 3.98. The van der Waals surface area contributed by atoms with E-state index in [4.69, 9.17) is 5.11 Å². The van der Waals surface area contributed by atoms with Crippen LogP contribution >= 0.6 is 0 Å². The number of aliphatic hydroxyl groups is 1. The maximum Gasteiger partial charge on any atom is 0.115 e. The molecule has 0 aromatic rings. The molecule has 0 fully saturated rings. The fourth-order valence-electron chi connectivity index (χ4n) is 1.25. The van der Waals surface area contributed by atoms with E-state index in [0.29, 0.717) is 24.4 Å². The Labute approximate surface area is 102 Å². The molecule has 17 heavy (non-hydrogen) atoms. The minimum Gasteiger partial charge on any atom is -0.629 e. The van der Waals surface area contributed by atoms with Gasteiger partial charge in [-0.1, -0.05) is 13.5 Å². The fourth-order valence-corrected chi connectivity index (χ4v) is 1.25. The SMILES string of the molecule is C=C(O)/C=C(\C/C=C(\C)[NH+](C)[O-])[NH+]([O-])CCC. The van der Waals surface area contributed by atoms with Gasteiger partial charge in [0, 0.05) is 19.4 Å². The van der Waals surface area contributed by atoms with E-state index in [2.05, 4.69) is 6.58 Å². The molecule has 0 aliphatic heterocycles. The van der Waals surface area contributed by atoms with Crippen LogP contribution in [0.2, 0.25) is 0 Å². The zero-order chi connectivity index (χ0) is 13.4. The number of nitrogens with one attached hydrogen (secondary N) is 2. The predicted molar refractivity (Wildman–Crippen MR) is 68.0 cm³/mol. The summed E-state index contributed by atoms with van der Waals surface area (Å²) in [7, 11) is 1.48. The van der Waals surface area contributed by atoms with Crippen molar-refractivity contribution in [1.29, 1.82) is 0 Å². The molecule has 3 N–H and O–H groups in total. The van der Waals surface area contributed by atoms with Gasteiger partial charge < -0.3 is 25.6 Å². The second kappa shape index (κ2) is 8.03. The molecule has 0 aliphatic carbocycles. The van der Waals surface area contributed by atoms with Gasteiger partial charge in [-0.25, -0.2) is 0 Å². The molecular weight excluding hydrogens is 220 g/mol. The molecule has 5 heteroatoms. The first-order valence-corrected chi connectivity index (χ1v) is 5.67. The number of allylic oxidation sites excluding steroid dienone is 3. The summed E-state index contributed by atoms with van der Waals surface area (Å²) >= 11 is 0. The van der Waals surface area contributed by atoms with Crippen LogP contribution < -0.4 is 10.1 Å². The van der Waals surface area contributed by atoms with Gasteiger partial charge in [-0.05, 0) is 12.5 Å². The highest BCUT2D eigenvalue weighted by molar-refractivity contribution is 5.12. The Bertz CT molecular complexity index is 309. The van der Waals surface area contributed by atoms with Crippen molar-refractivity contribution in [2.75, 3.05) is 13.6 Å². The minimum atomic E-state index is -0.140. The highest BCUT2D eigenvalue weighted by atomic mass is 16.5. The van der Waals surface area contributed by atoms with E-state index in [0.717, 1.165) is 6.42 Å². The Kier molecular flexibility index (Phi) is 7.49. The van der Waals surface area contributed by atoms with Crippen LogP contribution in [0.3, 0.4) is 0 Å². The Balaban J connectivity index is 4.73. The van der Waals surface area contributed by atoms with Crippen LogP contribution in [-0.4, -0.2) is 18.7 Å². The Hall–Kier alpha value is -1.14. The Morgan fingerprint density at radius 3 is 2.41 bits per heavy atom. The first-order chi connectivity index (χ1) is 7.88. The monoisotopic (exact) mass is 242 g/mol. The first-order valence-electron chi connectivity index (χ1n) is 5.67. The van der Waals surface area contributed by atoms with Gasteiger partial charge in [0.15, 0.2) is 0 Å². The predicted octanol–water partition coefficient (Wildman–Crippen LogP) is 0.0411. The van der Waals surface area contributed by atoms with Crippen LogP contribution in [0.4, 0.5) is 0 Å². The van der Waals surface area contributed by atoms with E-state index in [1.54, 1.807) is 13.0 Å². The summed E-state index contributed by atoms with van der Waals surface area (Å²) in [5.41, 5.74) is 1.10. The lowest BCUT2D eigenvalue weighted by molar-refractivity contribution is -0.807. The van der Waals surface area contributed by atoms with Gasteiger partial charge in [0.05, 0.1) is 13.6 Å². The lowest BCUT2D eigenvalue weighted by Crippen LogP contribution is -3.05. The van der Waals surface area contributed by atoms with Crippen LogP contribution in [0.15, 0.2) is 35.9 Å². The Morgan fingerprint density at radius 2 is 2.00 bits per heavy atom.